The van der Waals surface area contributed by atoms with Crippen LogP contribution in [0.1, 0.15) is 39.7 Å². The van der Waals surface area contributed by atoms with E-state index in [1.807, 2.05) is 20.8 Å². The van der Waals surface area contributed by atoms with E-state index in [1.165, 1.54) is 47.4 Å². The van der Waals surface area contributed by atoms with E-state index >= 15 is 0 Å². The predicted octanol–water partition coefficient (Wildman–Crippen LogP) is 5.40. The molecule has 39 heavy (non-hydrogen) atoms. The van der Waals surface area contributed by atoms with E-state index in [0.717, 1.165) is 4.31 Å². The molecule has 1 atom stereocenters. The number of benzene rings is 3. The first-order valence-corrected chi connectivity index (χ1v) is 14.3. The van der Waals surface area contributed by atoms with E-state index in [0.29, 0.717) is 10.6 Å². The minimum absolute atomic E-state index is 0.000349. The van der Waals surface area contributed by atoms with Crippen LogP contribution < -0.4 is 9.62 Å². The second-order valence-corrected chi connectivity index (χ2v) is 12.4. The largest absolute Gasteiger partial charge is 0.350 e. The molecule has 2 amide bonds. The number of anilines is 1. The maximum absolute atomic E-state index is 14.0. The molecule has 3 aromatic carbocycles. The molecule has 7 nitrogen and oxygen atoms in total. The van der Waals surface area contributed by atoms with Gasteiger partial charge in [0.1, 0.15) is 18.4 Å². The van der Waals surface area contributed by atoms with Gasteiger partial charge in [-0.25, -0.2) is 12.8 Å². The van der Waals surface area contributed by atoms with Crippen LogP contribution in [0.2, 0.25) is 5.02 Å². The summed E-state index contributed by atoms with van der Waals surface area (Å²) in [4.78, 5) is 28.6. The molecule has 0 aliphatic carbocycles. The number of sulfonamides is 1. The molecule has 1 N–H and O–H groups in total. The van der Waals surface area contributed by atoms with E-state index in [4.69, 9.17) is 11.6 Å². The lowest BCUT2D eigenvalue weighted by atomic mass is 10.1. The number of carbonyl (C=O) groups excluding carboxylic acids is 2. The molecule has 0 saturated heterocycles. The summed E-state index contributed by atoms with van der Waals surface area (Å²) in [6, 6.07) is 18.7. The normalized spacial score (nSPS) is 12.5. The van der Waals surface area contributed by atoms with Crippen molar-refractivity contribution in [3.05, 3.63) is 95.3 Å². The van der Waals surface area contributed by atoms with E-state index in [1.54, 1.807) is 43.3 Å². The van der Waals surface area contributed by atoms with Gasteiger partial charge in [0.15, 0.2) is 0 Å². The number of rotatable bonds is 10. The number of halogens is 2. The highest BCUT2D eigenvalue weighted by atomic mass is 35.5. The molecule has 0 saturated carbocycles. The summed E-state index contributed by atoms with van der Waals surface area (Å²) >= 11 is 6.18. The van der Waals surface area contributed by atoms with Crippen LogP contribution in [0.5, 0.6) is 0 Å². The topological polar surface area (TPSA) is 86.8 Å². The minimum Gasteiger partial charge on any atom is -0.350 e. The first kappa shape index (κ1) is 30.1. The molecule has 0 spiro atoms. The maximum atomic E-state index is 14.0. The van der Waals surface area contributed by atoms with Crippen molar-refractivity contribution < 1.29 is 22.4 Å². The summed E-state index contributed by atoms with van der Waals surface area (Å²) in [5.41, 5.74) is 0.235. The standard InChI is InChI=1S/C29H33ClFN3O4S/c1-5-26(28(36)32-29(2,3)4)33(19-21-14-16-23(31)17-15-21)27(35)20-34(24-11-9-10-22(30)18-24)39(37,38)25-12-7-6-8-13-25/h6-18,26H,5,19-20H2,1-4H3,(H,32,36)/t26-/m0/s1. The van der Waals surface area contributed by atoms with Crippen LogP contribution in [0.15, 0.2) is 83.8 Å². The Morgan fingerprint density at radius 2 is 1.62 bits per heavy atom. The Balaban J connectivity index is 2.06. The van der Waals surface area contributed by atoms with E-state index < -0.39 is 39.9 Å². The SMILES string of the molecule is CC[C@@H](C(=O)NC(C)(C)C)N(Cc1ccc(F)cc1)C(=O)CN(c1cccc(Cl)c1)S(=O)(=O)c1ccccc1. The Hall–Kier alpha value is -3.43. The van der Waals surface area contributed by atoms with E-state index in [9.17, 15) is 22.4 Å². The van der Waals surface area contributed by atoms with Crippen LogP contribution in [-0.4, -0.2) is 43.3 Å². The van der Waals surface area contributed by atoms with Crippen molar-refractivity contribution in [1.29, 1.82) is 0 Å². The fraction of sp³-hybridized carbons (Fsp3) is 0.310. The Morgan fingerprint density at radius 3 is 2.18 bits per heavy atom. The number of hydrogen-bond acceptors (Lipinski definition) is 4. The number of nitrogens with one attached hydrogen (secondary N) is 1. The van der Waals surface area contributed by atoms with Gasteiger partial charge in [0, 0.05) is 17.1 Å². The van der Waals surface area contributed by atoms with Gasteiger partial charge in [-0.05, 0) is 75.2 Å². The summed E-state index contributed by atoms with van der Waals surface area (Å²) in [5, 5.41) is 3.21. The van der Waals surface area contributed by atoms with Crippen molar-refractivity contribution in [2.75, 3.05) is 10.8 Å². The Kier molecular flexibility index (Phi) is 9.74. The molecule has 0 aliphatic rings. The van der Waals surface area contributed by atoms with E-state index in [2.05, 4.69) is 5.32 Å². The quantitative estimate of drug-likeness (QED) is 0.352. The van der Waals surface area contributed by atoms with Crippen molar-refractivity contribution in [1.82, 2.24) is 10.2 Å². The summed E-state index contributed by atoms with van der Waals surface area (Å²) in [7, 11) is -4.18. The van der Waals surface area contributed by atoms with Gasteiger partial charge < -0.3 is 10.2 Å². The molecule has 0 unspecified atom stereocenters. The number of hydrogen-bond donors (Lipinski definition) is 1. The summed E-state index contributed by atoms with van der Waals surface area (Å²) < 4.78 is 42.1. The first-order valence-electron chi connectivity index (χ1n) is 12.5. The van der Waals surface area contributed by atoms with Gasteiger partial charge in [-0.3, -0.25) is 13.9 Å². The third-order valence-corrected chi connectivity index (χ3v) is 7.88. The molecule has 0 heterocycles. The third kappa shape index (κ3) is 8.03. The Morgan fingerprint density at radius 1 is 0.974 bits per heavy atom. The highest BCUT2D eigenvalue weighted by molar-refractivity contribution is 7.92. The summed E-state index contributed by atoms with van der Waals surface area (Å²) in [6.07, 6.45) is 0.275. The monoisotopic (exact) mass is 573 g/mol. The molecule has 10 heteroatoms. The van der Waals surface area contributed by atoms with Crippen molar-refractivity contribution in [3.8, 4) is 0 Å². The average Bonchev–Trinajstić information content (AvgIpc) is 2.87. The van der Waals surface area contributed by atoms with Gasteiger partial charge in [-0.15, -0.1) is 0 Å². The van der Waals surface area contributed by atoms with Gasteiger partial charge >= 0.3 is 0 Å². The summed E-state index contributed by atoms with van der Waals surface area (Å²) in [6.45, 7) is 6.65. The third-order valence-electron chi connectivity index (χ3n) is 5.86. The van der Waals surface area contributed by atoms with Crippen LogP contribution in [0, 0.1) is 5.82 Å². The predicted molar refractivity (Wildman–Crippen MR) is 151 cm³/mol. The second kappa shape index (κ2) is 12.6. The molecule has 0 fully saturated rings. The highest BCUT2D eigenvalue weighted by Gasteiger charge is 2.34. The van der Waals surface area contributed by atoms with Crippen LogP contribution in [0.3, 0.4) is 0 Å². The molecule has 0 radical (unpaired) electrons. The first-order chi connectivity index (χ1) is 18.3. The average molecular weight is 574 g/mol. The lowest BCUT2D eigenvalue weighted by Gasteiger charge is -2.34. The Labute approximate surface area is 234 Å². The number of carbonyl (C=O) groups is 2. The smallest absolute Gasteiger partial charge is 0.264 e. The molecule has 0 aliphatic heterocycles. The van der Waals surface area contributed by atoms with Gasteiger partial charge in [-0.1, -0.05) is 54.9 Å². The summed E-state index contributed by atoms with van der Waals surface area (Å²) in [5.74, 6) is -1.41. The minimum atomic E-state index is -4.18. The number of amides is 2. The second-order valence-electron chi connectivity index (χ2n) is 10.1. The van der Waals surface area contributed by atoms with Crippen molar-refractivity contribution in [2.24, 2.45) is 0 Å². The lowest BCUT2D eigenvalue weighted by molar-refractivity contribution is -0.141. The van der Waals surface area contributed by atoms with Gasteiger partial charge in [-0.2, -0.15) is 0 Å². The fourth-order valence-electron chi connectivity index (χ4n) is 4.04. The van der Waals surface area contributed by atoms with Crippen LogP contribution in [-0.2, 0) is 26.2 Å². The van der Waals surface area contributed by atoms with Crippen molar-refractivity contribution in [2.45, 2.75) is 57.1 Å². The van der Waals surface area contributed by atoms with Crippen molar-refractivity contribution >= 4 is 39.1 Å². The molecule has 3 rings (SSSR count). The zero-order valence-corrected chi connectivity index (χ0v) is 24.0. The molecular weight excluding hydrogens is 541 g/mol. The van der Waals surface area contributed by atoms with Crippen LogP contribution >= 0.6 is 11.6 Å². The Bertz CT molecular complexity index is 1390. The molecule has 3 aromatic rings. The molecular formula is C29H33ClFN3O4S. The lowest BCUT2D eigenvalue weighted by Crippen LogP contribution is -2.55. The molecule has 0 aromatic heterocycles. The highest BCUT2D eigenvalue weighted by Crippen LogP contribution is 2.27. The number of nitrogens with zero attached hydrogens (tertiary/aromatic N) is 2. The van der Waals surface area contributed by atoms with Crippen LogP contribution in [0.4, 0.5) is 10.1 Å². The van der Waals surface area contributed by atoms with Gasteiger partial charge in [0.25, 0.3) is 10.0 Å². The van der Waals surface area contributed by atoms with E-state index in [-0.39, 0.29) is 29.5 Å². The zero-order chi connectivity index (χ0) is 28.8. The molecule has 0 bridgehead atoms. The molecule has 208 valence electrons. The van der Waals surface area contributed by atoms with Crippen LogP contribution in [0.25, 0.3) is 0 Å². The van der Waals surface area contributed by atoms with Gasteiger partial charge in [0.2, 0.25) is 11.8 Å². The maximum Gasteiger partial charge on any atom is 0.264 e. The fourth-order valence-corrected chi connectivity index (χ4v) is 5.65. The van der Waals surface area contributed by atoms with Gasteiger partial charge in [0.05, 0.1) is 10.6 Å². The zero-order valence-electron chi connectivity index (χ0n) is 22.4. The van der Waals surface area contributed by atoms with Crippen molar-refractivity contribution in [3.63, 3.8) is 0 Å².